The molecule has 3 rings (SSSR count). The van der Waals surface area contributed by atoms with Gasteiger partial charge in [-0.15, -0.1) is 0 Å². The lowest BCUT2D eigenvalue weighted by molar-refractivity contribution is -0.142. The van der Waals surface area contributed by atoms with Crippen LogP contribution in [0.15, 0.2) is 18.3 Å². The quantitative estimate of drug-likeness (QED) is 0.855. The molecule has 130 valence electrons. The Kier molecular flexibility index (Phi) is 4.45. The molecule has 0 radical (unpaired) electrons. The number of rotatable bonds is 3. The van der Waals surface area contributed by atoms with E-state index in [1.807, 2.05) is 21.9 Å². The lowest BCUT2D eigenvalue weighted by Crippen LogP contribution is -2.43. The molecule has 0 saturated carbocycles. The molecule has 2 aliphatic rings. The van der Waals surface area contributed by atoms with Gasteiger partial charge in [-0.25, -0.2) is 4.98 Å². The molecule has 2 aliphatic heterocycles. The number of carboxylic acids is 1. The van der Waals surface area contributed by atoms with E-state index in [1.165, 1.54) is 0 Å². The standard InChI is InChI=1S/C17H24N4O3/c1-12(22)20-7-4-17(5-8-20)9-14(16(23)24)21(11-17)10-13-3-2-6-19-15(13)18/h2-3,6,14H,4-5,7-11H2,1H3,(H2,18,19)(H,23,24). The molecule has 0 bridgehead atoms. The maximum absolute atomic E-state index is 11.7. The molecule has 1 aromatic heterocycles. The molecule has 2 fully saturated rings. The molecule has 1 atom stereocenters. The molecule has 7 nitrogen and oxygen atoms in total. The average Bonchev–Trinajstić information content (AvgIpc) is 2.88. The number of nitrogens with two attached hydrogens (primary N) is 1. The summed E-state index contributed by atoms with van der Waals surface area (Å²) in [5, 5.41) is 9.63. The van der Waals surface area contributed by atoms with Crippen LogP contribution >= 0.6 is 0 Å². The third kappa shape index (κ3) is 3.21. The first-order valence-electron chi connectivity index (χ1n) is 8.32. The number of piperidine rings is 1. The van der Waals surface area contributed by atoms with Gasteiger partial charge in [-0.1, -0.05) is 6.07 Å². The first kappa shape index (κ1) is 16.7. The van der Waals surface area contributed by atoms with E-state index in [0.29, 0.717) is 31.9 Å². The molecule has 0 aliphatic carbocycles. The van der Waals surface area contributed by atoms with E-state index in [9.17, 15) is 14.7 Å². The Balaban J connectivity index is 1.74. The zero-order valence-electron chi connectivity index (χ0n) is 13.9. The maximum Gasteiger partial charge on any atom is 0.320 e. The number of carbonyl (C=O) groups is 2. The van der Waals surface area contributed by atoms with Gasteiger partial charge in [0.25, 0.3) is 0 Å². The van der Waals surface area contributed by atoms with Gasteiger partial charge in [0.1, 0.15) is 11.9 Å². The Morgan fingerprint density at radius 1 is 1.42 bits per heavy atom. The zero-order chi connectivity index (χ0) is 17.3. The van der Waals surface area contributed by atoms with Crippen molar-refractivity contribution in [2.45, 2.75) is 38.8 Å². The summed E-state index contributed by atoms with van der Waals surface area (Å²) in [6, 6.07) is 3.21. The van der Waals surface area contributed by atoms with Crippen molar-refractivity contribution in [2.24, 2.45) is 5.41 Å². The predicted octanol–water partition coefficient (Wildman–Crippen LogP) is 0.951. The minimum atomic E-state index is -0.789. The topological polar surface area (TPSA) is 99.8 Å². The summed E-state index contributed by atoms with van der Waals surface area (Å²) in [5.41, 5.74) is 6.75. The summed E-state index contributed by atoms with van der Waals surface area (Å²) < 4.78 is 0. The highest BCUT2D eigenvalue weighted by molar-refractivity contribution is 5.74. The van der Waals surface area contributed by atoms with Crippen molar-refractivity contribution < 1.29 is 14.7 Å². The van der Waals surface area contributed by atoms with Gasteiger partial charge >= 0.3 is 5.97 Å². The summed E-state index contributed by atoms with van der Waals surface area (Å²) in [4.78, 5) is 31.2. The Bertz CT molecular complexity index is 640. The SMILES string of the molecule is CC(=O)N1CCC2(CC1)CC(C(=O)O)N(Cc1cccnc1N)C2. The van der Waals surface area contributed by atoms with Gasteiger partial charge in [0, 0.05) is 44.9 Å². The summed E-state index contributed by atoms with van der Waals surface area (Å²) in [7, 11) is 0. The number of hydrogen-bond donors (Lipinski definition) is 2. The summed E-state index contributed by atoms with van der Waals surface area (Å²) >= 11 is 0. The van der Waals surface area contributed by atoms with Crippen molar-refractivity contribution in [1.29, 1.82) is 0 Å². The molecule has 7 heteroatoms. The minimum Gasteiger partial charge on any atom is -0.480 e. The fourth-order valence-corrected chi connectivity index (χ4v) is 4.02. The molecule has 3 heterocycles. The predicted molar refractivity (Wildman–Crippen MR) is 89.0 cm³/mol. The van der Waals surface area contributed by atoms with Crippen molar-refractivity contribution in [2.75, 3.05) is 25.4 Å². The number of pyridine rings is 1. The molecule has 2 saturated heterocycles. The highest BCUT2D eigenvalue weighted by Crippen LogP contribution is 2.44. The van der Waals surface area contributed by atoms with Crippen molar-refractivity contribution in [3.8, 4) is 0 Å². The van der Waals surface area contributed by atoms with Crippen LogP contribution in [0.5, 0.6) is 0 Å². The smallest absolute Gasteiger partial charge is 0.320 e. The Morgan fingerprint density at radius 3 is 2.71 bits per heavy atom. The van der Waals surface area contributed by atoms with Crippen LogP contribution in [0, 0.1) is 5.41 Å². The van der Waals surface area contributed by atoms with Gasteiger partial charge in [0.15, 0.2) is 0 Å². The van der Waals surface area contributed by atoms with E-state index in [0.717, 1.165) is 24.9 Å². The third-order valence-corrected chi connectivity index (χ3v) is 5.46. The van der Waals surface area contributed by atoms with Crippen LogP contribution in [0.1, 0.15) is 31.7 Å². The molecule has 1 aromatic rings. The second-order valence-electron chi connectivity index (χ2n) is 7.02. The largest absolute Gasteiger partial charge is 0.480 e. The molecule has 1 amide bonds. The Morgan fingerprint density at radius 2 is 2.12 bits per heavy atom. The van der Waals surface area contributed by atoms with Crippen LogP contribution in [0.4, 0.5) is 5.82 Å². The number of amides is 1. The fraction of sp³-hybridized carbons (Fsp3) is 0.588. The normalized spacial score (nSPS) is 23.5. The van der Waals surface area contributed by atoms with Gasteiger partial charge < -0.3 is 15.7 Å². The van der Waals surface area contributed by atoms with Crippen molar-refractivity contribution >= 4 is 17.7 Å². The second kappa shape index (κ2) is 6.39. The molecule has 0 aromatic carbocycles. The average molecular weight is 332 g/mol. The fourth-order valence-electron chi connectivity index (χ4n) is 4.02. The summed E-state index contributed by atoms with van der Waals surface area (Å²) in [5.74, 6) is -0.241. The lowest BCUT2D eigenvalue weighted by Gasteiger charge is -2.39. The van der Waals surface area contributed by atoms with E-state index in [-0.39, 0.29) is 11.3 Å². The minimum absolute atomic E-state index is 0.0218. The number of aromatic nitrogens is 1. The van der Waals surface area contributed by atoms with E-state index < -0.39 is 12.0 Å². The first-order chi connectivity index (χ1) is 11.4. The van der Waals surface area contributed by atoms with Crippen molar-refractivity contribution in [3.63, 3.8) is 0 Å². The van der Waals surface area contributed by atoms with E-state index in [2.05, 4.69) is 4.98 Å². The van der Waals surface area contributed by atoms with Crippen LogP contribution in [-0.2, 0) is 16.1 Å². The Hall–Kier alpha value is -2.15. The third-order valence-electron chi connectivity index (χ3n) is 5.46. The number of hydrogen-bond acceptors (Lipinski definition) is 5. The number of carboxylic acid groups (broad SMARTS) is 1. The molecule has 1 unspecified atom stereocenters. The molecule has 24 heavy (non-hydrogen) atoms. The second-order valence-corrected chi connectivity index (χ2v) is 7.02. The number of likely N-dealkylation sites (tertiary alicyclic amines) is 2. The van der Waals surface area contributed by atoms with Crippen LogP contribution < -0.4 is 5.73 Å². The first-order valence-corrected chi connectivity index (χ1v) is 8.32. The zero-order valence-corrected chi connectivity index (χ0v) is 13.9. The van der Waals surface area contributed by atoms with E-state index in [4.69, 9.17) is 5.73 Å². The van der Waals surface area contributed by atoms with E-state index >= 15 is 0 Å². The van der Waals surface area contributed by atoms with Gasteiger partial charge in [-0.2, -0.15) is 0 Å². The highest BCUT2D eigenvalue weighted by atomic mass is 16.4. The molecule has 1 spiro atoms. The molecular weight excluding hydrogens is 308 g/mol. The number of anilines is 1. The highest BCUT2D eigenvalue weighted by Gasteiger charge is 2.48. The number of nitrogens with zero attached hydrogens (tertiary/aromatic N) is 3. The van der Waals surface area contributed by atoms with Crippen LogP contribution in [0.3, 0.4) is 0 Å². The maximum atomic E-state index is 11.7. The summed E-state index contributed by atoms with van der Waals surface area (Å²) in [6.07, 6.45) is 3.98. The van der Waals surface area contributed by atoms with Crippen molar-refractivity contribution in [3.05, 3.63) is 23.9 Å². The Labute approximate surface area is 141 Å². The molecular formula is C17H24N4O3. The lowest BCUT2D eigenvalue weighted by atomic mass is 9.76. The summed E-state index contributed by atoms with van der Waals surface area (Å²) in [6.45, 7) is 4.23. The van der Waals surface area contributed by atoms with Crippen LogP contribution in [0.25, 0.3) is 0 Å². The van der Waals surface area contributed by atoms with Crippen LogP contribution in [0.2, 0.25) is 0 Å². The van der Waals surface area contributed by atoms with Gasteiger partial charge in [0.2, 0.25) is 5.91 Å². The number of nitrogen functional groups attached to an aromatic ring is 1. The monoisotopic (exact) mass is 332 g/mol. The number of carbonyl (C=O) groups excluding carboxylic acids is 1. The van der Waals surface area contributed by atoms with Gasteiger partial charge in [0.05, 0.1) is 0 Å². The van der Waals surface area contributed by atoms with E-state index in [1.54, 1.807) is 13.1 Å². The van der Waals surface area contributed by atoms with Crippen molar-refractivity contribution in [1.82, 2.24) is 14.8 Å². The van der Waals surface area contributed by atoms with Crippen LogP contribution in [-0.4, -0.2) is 57.4 Å². The van der Waals surface area contributed by atoms with Gasteiger partial charge in [-0.3, -0.25) is 14.5 Å². The molecule has 3 N–H and O–H groups in total. The van der Waals surface area contributed by atoms with Gasteiger partial charge in [-0.05, 0) is 30.7 Å². The number of aliphatic carboxylic acids is 1.